The van der Waals surface area contributed by atoms with Crippen molar-refractivity contribution >= 4 is 11.6 Å². The van der Waals surface area contributed by atoms with E-state index in [0.29, 0.717) is 35.4 Å². The first-order valence-corrected chi connectivity index (χ1v) is 9.61. The molecule has 0 unspecified atom stereocenters. The van der Waals surface area contributed by atoms with Crippen LogP contribution in [0, 0.1) is 18.6 Å². The maximum atomic E-state index is 14.6. The van der Waals surface area contributed by atoms with Crippen molar-refractivity contribution in [1.29, 1.82) is 0 Å². The summed E-state index contributed by atoms with van der Waals surface area (Å²) in [5.41, 5.74) is 1.64. The predicted molar refractivity (Wildman–Crippen MR) is 105 cm³/mol. The Kier molecular flexibility index (Phi) is 4.50. The van der Waals surface area contributed by atoms with Gasteiger partial charge < -0.3 is 9.32 Å². The molecule has 7 nitrogen and oxygen atoms in total. The largest absolute Gasteiger partial charge is 0.439 e. The van der Waals surface area contributed by atoms with E-state index in [9.17, 15) is 8.78 Å². The fraction of sp³-hybridized carbons (Fsp3) is 0.238. The number of aryl methyl sites for hydroxylation is 2. The minimum absolute atomic E-state index is 0.124. The van der Waals surface area contributed by atoms with Crippen LogP contribution in [-0.2, 0) is 13.0 Å². The van der Waals surface area contributed by atoms with Crippen LogP contribution in [0.15, 0.2) is 47.1 Å². The molecule has 0 radical (unpaired) electrons. The van der Waals surface area contributed by atoms with E-state index in [2.05, 4.69) is 20.1 Å². The van der Waals surface area contributed by atoms with Gasteiger partial charge in [-0.3, -0.25) is 0 Å². The minimum Gasteiger partial charge on any atom is -0.439 e. The van der Waals surface area contributed by atoms with Gasteiger partial charge in [0.1, 0.15) is 11.5 Å². The SMILES string of the molecule is Cc1ncc(-c2ncc(Cc3nc4n(n3)CCCN4c3ccc(F)cc3)cc2F)o1. The van der Waals surface area contributed by atoms with Gasteiger partial charge in [-0.25, -0.2) is 23.4 Å². The molecule has 152 valence electrons. The molecule has 0 N–H and O–H groups in total. The molecule has 0 saturated heterocycles. The Morgan fingerprint density at radius 3 is 2.63 bits per heavy atom. The third kappa shape index (κ3) is 3.42. The molecular weight excluding hydrogens is 390 g/mol. The van der Waals surface area contributed by atoms with Crippen LogP contribution >= 0.6 is 0 Å². The van der Waals surface area contributed by atoms with Crippen molar-refractivity contribution in [3.8, 4) is 11.5 Å². The van der Waals surface area contributed by atoms with Crippen LogP contribution in [0.4, 0.5) is 20.4 Å². The first-order valence-electron chi connectivity index (χ1n) is 9.61. The number of aromatic nitrogens is 5. The molecular formula is C21H18F2N6O. The van der Waals surface area contributed by atoms with Crippen LogP contribution < -0.4 is 4.90 Å². The number of oxazole rings is 1. The molecule has 9 heteroatoms. The lowest BCUT2D eigenvalue weighted by molar-refractivity contribution is 0.525. The quantitative estimate of drug-likeness (QED) is 0.507. The molecule has 4 aromatic rings. The maximum Gasteiger partial charge on any atom is 0.228 e. The summed E-state index contributed by atoms with van der Waals surface area (Å²) in [4.78, 5) is 14.8. The van der Waals surface area contributed by atoms with Gasteiger partial charge in [0.25, 0.3) is 0 Å². The number of benzene rings is 1. The van der Waals surface area contributed by atoms with E-state index in [0.717, 1.165) is 25.2 Å². The van der Waals surface area contributed by atoms with Crippen LogP contribution in [0.1, 0.15) is 23.7 Å². The summed E-state index contributed by atoms with van der Waals surface area (Å²) >= 11 is 0. The summed E-state index contributed by atoms with van der Waals surface area (Å²) in [6.45, 7) is 3.21. The second-order valence-electron chi connectivity index (χ2n) is 7.13. The summed E-state index contributed by atoms with van der Waals surface area (Å²) in [5, 5.41) is 4.56. The number of fused-ring (bicyclic) bond motifs is 1. The van der Waals surface area contributed by atoms with Gasteiger partial charge in [0.15, 0.2) is 23.3 Å². The average molecular weight is 408 g/mol. The predicted octanol–water partition coefficient (Wildman–Crippen LogP) is 4.05. The summed E-state index contributed by atoms with van der Waals surface area (Å²) < 4.78 is 35.0. The van der Waals surface area contributed by atoms with Crippen LogP contribution in [0.25, 0.3) is 11.5 Å². The fourth-order valence-electron chi connectivity index (χ4n) is 3.56. The number of pyridine rings is 1. The van der Waals surface area contributed by atoms with E-state index in [1.54, 1.807) is 25.3 Å². The molecule has 5 rings (SSSR count). The highest BCUT2D eigenvalue weighted by Gasteiger charge is 2.23. The van der Waals surface area contributed by atoms with E-state index >= 15 is 0 Å². The van der Waals surface area contributed by atoms with E-state index in [1.165, 1.54) is 24.4 Å². The lowest BCUT2D eigenvalue weighted by Gasteiger charge is -2.27. The lowest BCUT2D eigenvalue weighted by Crippen LogP contribution is -2.28. The standard InChI is InChI=1S/C21H18F2N6O/c1-13-24-12-18(30-13)20-17(23)9-14(11-25-20)10-19-26-21-28(7-2-8-29(21)27-19)16-5-3-15(22)4-6-16/h3-6,9,11-12H,2,7-8,10H2,1H3. The number of rotatable bonds is 4. The van der Waals surface area contributed by atoms with Crippen molar-refractivity contribution in [3.05, 3.63) is 71.6 Å². The molecule has 0 fully saturated rings. The van der Waals surface area contributed by atoms with Gasteiger partial charge in [-0.2, -0.15) is 10.1 Å². The highest BCUT2D eigenvalue weighted by molar-refractivity contribution is 5.58. The maximum absolute atomic E-state index is 14.6. The summed E-state index contributed by atoms with van der Waals surface area (Å²) in [6.07, 6.45) is 4.29. The molecule has 1 aliphatic rings. The first-order chi connectivity index (χ1) is 14.6. The smallest absolute Gasteiger partial charge is 0.228 e. The Morgan fingerprint density at radius 2 is 1.90 bits per heavy atom. The molecule has 1 aliphatic heterocycles. The molecule has 0 saturated carbocycles. The van der Waals surface area contributed by atoms with Crippen molar-refractivity contribution in [3.63, 3.8) is 0 Å². The zero-order chi connectivity index (χ0) is 20.7. The zero-order valence-corrected chi connectivity index (χ0v) is 16.2. The number of halogens is 2. The second kappa shape index (κ2) is 7.33. The van der Waals surface area contributed by atoms with Crippen LogP contribution in [0.5, 0.6) is 0 Å². The Hall–Kier alpha value is -3.62. The fourth-order valence-corrected chi connectivity index (χ4v) is 3.56. The monoisotopic (exact) mass is 408 g/mol. The summed E-state index contributed by atoms with van der Waals surface area (Å²) in [6, 6.07) is 7.72. The van der Waals surface area contributed by atoms with Crippen molar-refractivity contribution in [2.24, 2.45) is 0 Å². The highest BCUT2D eigenvalue weighted by Crippen LogP contribution is 2.28. The first kappa shape index (κ1) is 18.4. The molecule has 0 atom stereocenters. The van der Waals surface area contributed by atoms with Gasteiger partial charge in [-0.1, -0.05) is 0 Å². The van der Waals surface area contributed by atoms with Crippen molar-refractivity contribution in [2.75, 3.05) is 11.4 Å². The number of hydrogen-bond acceptors (Lipinski definition) is 6. The molecule has 4 heterocycles. The van der Waals surface area contributed by atoms with Gasteiger partial charge >= 0.3 is 0 Å². The molecule has 0 amide bonds. The van der Waals surface area contributed by atoms with E-state index in [4.69, 9.17) is 4.42 Å². The van der Waals surface area contributed by atoms with Gasteiger partial charge in [0, 0.05) is 38.3 Å². The third-order valence-electron chi connectivity index (χ3n) is 4.94. The van der Waals surface area contributed by atoms with E-state index in [1.807, 2.05) is 9.58 Å². The summed E-state index contributed by atoms with van der Waals surface area (Å²) in [7, 11) is 0. The molecule has 30 heavy (non-hydrogen) atoms. The van der Waals surface area contributed by atoms with Crippen LogP contribution in [-0.4, -0.2) is 31.3 Å². The molecule has 0 aliphatic carbocycles. The topological polar surface area (TPSA) is 72.9 Å². The Morgan fingerprint density at radius 1 is 1.07 bits per heavy atom. The number of hydrogen-bond donors (Lipinski definition) is 0. The van der Waals surface area contributed by atoms with Crippen molar-refractivity contribution in [2.45, 2.75) is 26.3 Å². The Balaban J connectivity index is 1.40. The normalized spacial score (nSPS) is 13.5. The Bertz CT molecular complexity index is 1200. The van der Waals surface area contributed by atoms with E-state index in [-0.39, 0.29) is 11.5 Å². The number of anilines is 2. The van der Waals surface area contributed by atoms with Gasteiger partial charge in [0.05, 0.1) is 6.20 Å². The van der Waals surface area contributed by atoms with Crippen molar-refractivity contribution < 1.29 is 13.2 Å². The number of nitrogens with zero attached hydrogens (tertiary/aromatic N) is 6. The van der Waals surface area contributed by atoms with E-state index < -0.39 is 5.82 Å². The molecule has 0 spiro atoms. The average Bonchev–Trinajstić information content (AvgIpc) is 3.34. The zero-order valence-electron chi connectivity index (χ0n) is 16.2. The lowest BCUT2D eigenvalue weighted by atomic mass is 10.1. The van der Waals surface area contributed by atoms with Crippen molar-refractivity contribution in [1.82, 2.24) is 24.7 Å². The van der Waals surface area contributed by atoms with Gasteiger partial charge in [-0.05, 0) is 42.3 Å². The van der Waals surface area contributed by atoms with Crippen LogP contribution in [0.2, 0.25) is 0 Å². The third-order valence-corrected chi connectivity index (χ3v) is 4.94. The minimum atomic E-state index is -0.486. The van der Waals surface area contributed by atoms with Crippen LogP contribution in [0.3, 0.4) is 0 Å². The van der Waals surface area contributed by atoms with Gasteiger partial charge in [-0.15, -0.1) is 0 Å². The molecule has 3 aromatic heterocycles. The summed E-state index contributed by atoms with van der Waals surface area (Å²) in [5.74, 6) is 1.25. The highest BCUT2D eigenvalue weighted by atomic mass is 19.1. The van der Waals surface area contributed by atoms with Gasteiger partial charge in [0.2, 0.25) is 5.95 Å². The Labute approximate surface area is 171 Å². The molecule has 1 aromatic carbocycles. The molecule has 0 bridgehead atoms. The second-order valence-corrected chi connectivity index (χ2v) is 7.13.